The Kier molecular flexibility index (Phi) is 3.82. The van der Waals surface area contributed by atoms with Crippen LogP contribution in [0, 0.1) is 0 Å². The summed E-state index contributed by atoms with van der Waals surface area (Å²) in [6, 6.07) is 4.57. The summed E-state index contributed by atoms with van der Waals surface area (Å²) in [5.74, 6) is -1.38. The van der Waals surface area contributed by atoms with E-state index in [9.17, 15) is 19.8 Å². The van der Waals surface area contributed by atoms with Crippen LogP contribution >= 0.6 is 0 Å². The third kappa shape index (κ3) is 2.59. The zero-order valence-corrected chi connectivity index (χ0v) is 10.3. The highest BCUT2D eigenvalue weighted by molar-refractivity contribution is 5.93. The predicted molar refractivity (Wildman–Crippen MR) is 63.2 cm³/mol. The number of cyclic esters (lactones) is 1. The molecule has 6 nitrogen and oxygen atoms in total. The second-order valence-corrected chi connectivity index (χ2v) is 4.13. The third-order valence-electron chi connectivity index (χ3n) is 2.88. The lowest BCUT2D eigenvalue weighted by atomic mass is 9.99. The van der Waals surface area contributed by atoms with E-state index >= 15 is 0 Å². The van der Waals surface area contributed by atoms with Gasteiger partial charge in [0.15, 0.2) is 6.10 Å². The molecule has 0 amide bonds. The summed E-state index contributed by atoms with van der Waals surface area (Å²) < 4.78 is 9.45. The van der Waals surface area contributed by atoms with Crippen LogP contribution in [-0.4, -0.2) is 34.9 Å². The Morgan fingerprint density at radius 3 is 2.89 bits per heavy atom. The fraction of sp³-hybridized carbons (Fsp3) is 0.385. The number of aliphatic hydroxyl groups is 2. The van der Waals surface area contributed by atoms with Crippen LogP contribution in [0.25, 0.3) is 0 Å². The van der Waals surface area contributed by atoms with E-state index in [1.54, 1.807) is 13.0 Å². The van der Waals surface area contributed by atoms with Gasteiger partial charge < -0.3 is 19.7 Å². The number of carbonyl (C=O) groups is 2. The molecule has 0 radical (unpaired) electrons. The number of fused-ring (bicyclic) bond motifs is 1. The van der Waals surface area contributed by atoms with Crippen molar-refractivity contribution in [3.8, 4) is 0 Å². The molecule has 2 unspecified atom stereocenters. The van der Waals surface area contributed by atoms with E-state index in [1.165, 1.54) is 12.1 Å². The number of hydrogen-bond acceptors (Lipinski definition) is 6. The minimum atomic E-state index is -1.68. The SMILES string of the molecule is CCOC(=O)C(O)C(O)c1ccc2c(c1)C(=O)OC2. The molecular weight excluding hydrogens is 252 g/mol. The lowest BCUT2D eigenvalue weighted by Gasteiger charge is -2.17. The molecule has 0 saturated carbocycles. The van der Waals surface area contributed by atoms with Gasteiger partial charge in [-0.25, -0.2) is 9.59 Å². The first kappa shape index (κ1) is 13.5. The Hall–Kier alpha value is -1.92. The van der Waals surface area contributed by atoms with E-state index in [0.29, 0.717) is 11.1 Å². The number of benzene rings is 1. The minimum absolute atomic E-state index is 0.110. The summed E-state index contributed by atoms with van der Waals surface area (Å²) in [7, 11) is 0. The van der Waals surface area contributed by atoms with Gasteiger partial charge in [0.05, 0.1) is 12.2 Å². The van der Waals surface area contributed by atoms with Crippen molar-refractivity contribution in [1.29, 1.82) is 0 Å². The van der Waals surface area contributed by atoms with Crippen LogP contribution in [0.15, 0.2) is 18.2 Å². The summed E-state index contributed by atoms with van der Waals surface area (Å²) in [6.45, 7) is 1.91. The molecule has 6 heteroatoms. The fourth-order valence-electron chi connectivity index (χ4n) is 1.85. The third-order valence-corrected chi connectivity index (χ3v) is 2.88. The van der Waals surface area contributed by atoms with Gasteiger partial charge >= 0.3 is 11.9 Å². The molecule has 1 aromatic rings. The van der Waals surface area contributed by atoms with Crippen LogP contribution < -0.4 is 0 Å². The zero-order chi connectivity index (χ0) is 14.0. The maximum Gasteiger partial charge on any atom is 0.338 e. The van der Waals surface area contributed by atoms with E-state index in [-0.39, 0.29) is 18.8 Å². The molecule has 1 aliphatic rings. The van der Waals surface area contributed by atoms with Gasteiger partial charge in [0.1, 0.15) is 12.7 Å². The van der Waals surface area contributed by atoms with Crippen LogP contribution in [-0.2, 0) is 20.9 Å². The fourth-order valence-corrected chi connectivity index (χ4v) is 1.85. The van der Waals surface area contributed by atoms with Crippen molar-refractivity contribution in [3.05, 3.63) is 34.9 Å². The van der Waals surface area contributed by atoms with Crippen LogP contribution in [0.4, 0.5) is 0 Å². The standard InChI is InChI=1S/C13H14O6/c1-2-18-13(17)11(15)10(14)7-3-4-8-6-19-12(16)9(8)5-7/h3-5,10-11,14-15H,2,6H2,1H3. The van der Waals surface area contributed by atoms with Crippen molar-refractivity contribution in [1.82, 2.24) is 0 Å². The van der Waals surface area contributed by atoms with Crippen molar-refractivity contribution < 1.29 is 29.3 Å². The van der Waals surface area contributed by atoms with E-state index in [0.717, 1.165) is 0 Å². The lowest BCUT2D eigenvalue weighted by molar-refractivity contribution is -0.159. The monoisotopic (exact) mass is 266 g/mol. The topological polar surface area (TPSA) is 93.1 Å². The van der Waals surface area contributed by atoms with Crippen molar-refractivity contribution in [3.63, 3.8) is 0 Å². The summed E-state index contributed by atoms with van der Waals surface area (Å²) in [5, 5.41) is 19.5. The molecule has 2 atom stereocenters. The number of carbonyl (C=O) groups excluding carboxylic acids is 2. The molecular formula is C13H14O6. The number of aliphatic hydroxyl groups excluding tert-OH is 2. The summed E-state index contributed by atoms with van der Waals surface area (Å²) in [6.07, 6.45) is -3.13. The van der Waals surface area contributed by atoms with Gasteiger partial charge in [-0.2, -0.15) is 0 Å². The van der Waals surface area contributed by atoms with Gasteiger partial charge in [-0.15, -0.1) is 0 Å². The molecule has 0 bridgehead atoms. The highest BCUT2D eigenvalue weighted by atomic mass is 16.5. The number of esters is 2. The molecule has 0 aromatic heterocycles. The van der Waals surface area contributed by atoms with Gasteiger partial charge in [-0.3, -0.25) is 0 Å². The highest BCUT2D eigenvalue weighted by Crippen LogP contribution is 2.25. The summed E-state index contributed by atoms with van der Waals surface area (Å²) >= 11 is 0. The van der Waals surface area contributed by atoms with Crippen molar-refractivity contribution in [2.75, 3.05) is 6.61 Å². The highest BCUT2D eigenvalue weighted by Gasteiger charge is 2.29. The molecule has 0 spiro atoms. The maximum absolute atomic E-state index is 11.4. The molecule has 0 saturated heterocycles. The average molecular weight is 266 g/mol. The number of ether oxygens (including phenoxy) is 2. The predicted octanol–water partition coefficient (Wildman–Crippen LogP) is 0.314. The molecule has 19 heavy (non-hydrogen) atoms. The molecule has 2 rings (SSSR count). The average Bonchev–Trinajstić information content (AvgIpc) is 2.78. The molecule has 1 heterocycles. The van der Waals surface area contributed by atoms with Crippen molar-refractivity contribution in [2.24, 2.45) is 0 Å². The Morgan fingerprint density at radius 2 is 2.21 bits per heavy atom. The molecule has 1 aromatic carbocycles. The first-order valence-electron chi connectivity index (χ1n) is 5.87. The Labute approximate surface area is 109 Å². The molecule has 1 aliphatic heterocycles. The first-order chi connectivity index (χ1) is 9.04. The van der Waals surface area contributed by atoms with E-state index in [2.05, 4.69) is 4.74 Å². The van der Waals surface area contributed by atoms with Crippen LogP contribution in [0.3, 0.4) is 0 Å². The Balaban J connectivity index is 2.20. The smallest absolute Gasteiger partial charge is 0.338 e. The van der Waals surface area contributed by atoms with E-state index < -0.39 is 24.1 Å². The lowest BCUT2D eigenvalue weighted by Crippen LogP contribution is -2.30. The zero-order valence-electron chi connectivity index (χ0n) is 10.3. The van der Waals surface area contributed by atoms with Gasteiger partial charge in [0.2, 0.25) is 0 Å². The second-order valence-electron chi connectivity index (χ2n) is 4.13. The summed E-state index contributed by atoms with van der Waals surface area (Å²) in [4.78, 5) is 22.7. The molecule has 102 valence electrons. The van der Waals surface area contributed by atoms with Gasteiger partial charge in [0.25, 0.3) is 0 Å². The van der Waals surface area contributed by atoms with Gasteiger partial charge in [-0.1, -0.05) is 12.1 Å². The first-order valence-corrected chi connectivity index (χ1v) is 5.87. The second kappa shape index (κ2) is 5.38. The van der Waals surface area contributed by atoms with Gasteiger partial charge in [0, 0.05) is 5.56 Å². The Morgan fingerprint density at radius 1 is 1.47 bits per heavy atom. The minimum Gasteiger partial charge on any atom is -0.464 e. The molecule has 0 aliphatic carbocycles. The van der Waals surface area contributed by atoms with E-state index in [4.69, 9.17) is 4.74 Å². The van der Waals surface area contributed by atoms with Crippen LogP contribution in [0.1, 0.15) is 34.5 Å². The van der Waals surface area contributed by atoms with Crippen molar-refractivity contribution >= 4 is 11.9 Å². The normalized spacial score (nSPS) is 16.5. The van der Waals surface area contributed by atoms with Crippen LogP contribution in [0.5, 0.6) is 0 Å². The molecule has 2 N–H and O–H groups in total. The molecule has 0 fully saturated rings. The van der Waals surface area contributed by atoms with Crippen molar-refractivity contribution in [2.45, 2.75) is 25.7 Å². The quantitative estimate of drug-likeness (QED) is 0.762. The van der Waals surface area contributed by atoms with E-state index in [1.807, 2.05) is 0 Å². The summed E-state index contributed by atoms with van der Waals surface area (Å²) in [5.41, 5.74) is 1.32. The number of rotatable bonds is 4. The largest absolute Gasteiger partial charge is 0.464 e. The number of hydrogen-bond donors (Lipinski definition) is 2. The van der Waals surface area contributed by atoms with Gasteiger partial charge in [-0.05, 0) is 18.6 Å². The van der Waals surface area contributed by atoms with Crippen LogP contribution in [0.2, 0.25) is 0 Å². The maximum atomic E-state index is 11.4. The Bertz CT molecular complexity index is 510.